The lowest BCUT2D eigenvalue weighted by Gasteiger charge is -2.06. The predicted octanol–water partition coefficient (Wildman–Crippen LogP) is 2.50. The third-order valence-electron chi connectivity index (χ3n) is 1.75. The zero-order valence-corrected chi connectivity index (χ0v) is 9.03. The Morgan fingerprint density at radius 2 is 1.93 bits per heavy atom. The van der Waals surface area contributed by atoms with Crippen molar-refractivity contribution in [3.63, 3.8) is 0 Å². The third-order valence-corrected chi connectivity index (χ3v) is 1.75. The molecule has 1 aromatic carbocycles. The van der Waals surface area contributed by atoms with Crippen LogP contribution in [0.1, 0.15) is 12.8 Å². The van der Waals surface area contributed by atoms with Gasteiger partial charge in [0.15, 0.2) is 11.6 Å². The Bertz CT molecular complexity index is 297. The van der Waals surface area contributed by atoms with E-state index in [1.54, 1.807) is 0 Å². The van der Waals surface area contributed by atoms with E-state index < -0.39 is 11.6 Å². The number of hydrogen-bond donors (Lipinski definition) is 1. The number of ether oxygens (including phenoxy) is 1. The van der Waals surface area contributed by atoms with Crippen LogP contribution >= 0.6 is 12.4 Å². The van der Waals surface area contributed by atoms with Crippen LogP contribution in [-0.2, 0) is 0 Å². The van der Waals surface area contributed by atoms with Gasteiger partial charge in [0.25, 0.3) is 0 Å². The summed E-state index contributed by atoms with van der Waals surface area (Å²) in [6.45, 7) is 0.995. The van der Waals surface area contributed by atoms with Gasteiger partial charge in [-0.15, -0.1) is 12.4 Å². The second-order valence-corrected chi connectivity index (χ2v) is 2.92. The third kappa shape index (κ3) is 4.95. The molecular weight excluding hydrogens is 224 g/mol. The highest BCUT2D eigenvalue weighted by Crippen LogP contribution is 2.17. The molecule has 86 valence electrons. The van der Waals surface area contributed by atoms with E-state index in [1.165, 1.54) is 12.1 Å². The molecule has 0 aromatic heterocycles. The number of unbranched alkanes of at least 4 members (excludes halogenated alkanes) is 1. The average molecular weight is 238 g/mol. The van der Waals surface area contributed by atoms with Crippen molar-refractivity contribution in [3.05, 3.63) is 29.8 Å². The standard InChI is InChI=1S/C10H13F2NO.ClH/c11-8-3-4-10(9(12)7-8)14-6-2-1-5-13;/h3-4,7H,1-2,5-6,13H2;1H. The van der Waals surface area contributed by atoms with Gasteiger partial charge in [-0.05, 0) is 31.5 Å². The molecule has 0 radical (unpaired) electrons. The second kappa shape index (κ2) is 7.43. The van der Waals surface area contributed by atoms with Crippen LogP contribution in [-0.4, -0.2) is 13.2 Å². The molecule has 5 heteroatoms. The highest BCUT2D eigenvalue weighted by atomic mass is 35.5. The minimum Gasteiger partial charge on any atom is -0.491 e. The van der Waals surface area contributed by atoms with Crippen molar-refractivity contribution in [2.24, 2.45) is 5.73 Å². The molecule has 15 heavy (non-hydrogen) atoms. The Hall–Kier alpha value is -0.870. The summed E-state index contributed by atoms with van der Waals surface area (Å²) in [6.07, 6.45) is 1.61. The van der Waals surface area contributed by atoms with Gasteiger partial charge in [0.2, 0.25) is 0 Å². The Morgan fingerprint density at radius 3 is 2.53 bits per heavy atom. The predicted molar refractivity (Wildman–Crippen MR) is 57.4 cm³/mol. The van der Waals surface area contributed by atoms with E-state index in [-0.39, 0.29) is 18.2 Å². The molecule has 2 N–H and O–H groups in total. The molecule has 0 aliphatic rings. The zero-order valence-electron chi connectivity index (χ0n) is 8.21. The van der Waals surface area contributed by atoms with Gasteiger partial charge >= 0.3 is 0 Å². The van der Waals surface area contributed by atoms with Crippen molar-refractivity contribution in [1.82, 2.24) is 0 Å². The van der Waals surface area contributed by atoms with E-state index >= 15 is 0 Å². The Balaban J connectivity index is 0.00000196. The van der Waals surface area contributed by atoms with E-state index in [1.807, 2.05) is 0 Å². The monoisotopic (exact) mass is 237 g/mol. The highest BCUT2D eigenvalue weighted by Gasteiger charge is 2.03. The van der Waals surface area contributed by atoms with Crippen LogP contribution in [0.2, 0.25) is 0 Å². The van der Waals surface area contributed by atoms with Crippen molar-refractivity contribution in [2.75, 3.05) is 13.2 Å². The second-order valence-electron chi connectivity index (χ2n) is 2.92. The van der Waals surface area contributed by atoms with Crippen LogP contribution in [0.15, 0.2) is 18.2 Å². The van der Waals surface area contributed by atoms with Crippen molar-refractivity contribution in [2.45, 2.75) is 12.8 Å². The topological polar surface area (TPSA) is 35.2 Å². The maximum absolute atomic E-state index is 13.0. The lowest BCUT2D eigenvalue weighted by atomic mass is 10.3. The van der Waals surface area contributed by atoms with Gasteiger partial charge in [-0.1, -0.05) is 0 Å². The van der Waals surface area contributed by atoms with Crippen molar-refractivity contribution in [3.8, 4) is 5.75 Å². The first kappa shape index (κ1) is 14.1. The molecule has 0 bridgehead atoms. The highest BCUT2D eigenvalue weighted by molar-refractivity contribution is 5.85. The molecular formula is C10H14ClF2NO. The van der Waals surface area contributed by atoms with E-state index in [2.05, 4.69) is 0 Å². The number of halogens is 3. The van der Waals surface area contributed by atoms with E-state index in [0.717, 1.165) is 18.9 Å². The quantitative estimate of drug-likeness (QED) is 0.799. The number of nitrogens with two attached hydrogens (primary N) is 1. The van der Waals surface area contributed by atoms with Gasteiger partial charge in [-0.3, -0.25) is 0 Å². The molecule has 0 spiro atoms. The number of benzene rings is 1. The van der Waals surface area contributed by atoms with Crippen LogP contribution in [0.25, 0.3) is 0 Å². The summed E-state index contributed by atoms with van der Waals surface area (Å²) in [6, 6.07) is 3.26. The first-order valence-electron chi connectivity index (χ1n) is 4.52. The lowest BCUT2D eigenvalue weighted by molar-refractivity contribution is 0.292. The fraction of sp³-hybridized carbons (Fsp3) is 0.400. The van der Waals surface area contributed by atoms with E-state index in [9.17, 15) is 8.78 Å². The Kier molecular flexibility index (Phi) is 6.99. The number of rotatable bonds is 5. The Morgan fingerprint density at radius 1 is 1.20 bits per heavy atom. The van der Waals surface area contributed by atoms with Crippen LogP contribution in [0.4, 0.5) is 8.78 Å². The molecule has 0 aliphatic heterocycles. The van der Waals surface area contributed by atoms with Crippen LogP contribution in [0.5, 0.6) is 5.75 Å². The van der Waals surface area contributed by atoms with Crippen molar-refractivity contribution >= 4 is 12.4 Å². The molecule has 0 fully saturated rings. The molecule has 2 nitrogen and oxygen atoms in total. The molecule has 0 aliphatic carbocycles. The van der Waals surface area contributed by atoms with E-state index in [0.29, 0.717) is 13.2 Å². The molecule has 0 atom stereocenters. The van der Waals surface area contributed by atoms with Gasteiger partial charge in [0, 0.05) is 6.07 Å². The maximum Gasteiger partial charge on any atom is 0.167 e. The first-order valence-corrected chi connectivity index (χ1v) is 4.52. The maximum atomic E-state index is 13.0. The zero-order chi connectivity index (χ0) is 10.4. The van der Waals surface area contributed by atoms with Gasteiger partial charge < -0.3 is 10.5 Å². The summed E-state index contributed by atoms with van der Waals surface area (Å²) in [5.74, 6) is -1.18. The molecule has 0 amide bonds. The average Bonchev–Trinajstić information content (AvgIpc) is 2.15. The molecule has 0 heterocycles. The summed E-state index contributed by atoms with van der Waals surface area (Å²) in [4.78, 5) is 0. The van der Waals surface area contributed by atoms with Gasteiger partial charge in [0.1, 0.15) is 5.82 Å². The Labute approximate surface area is 93.8 Å². The van der Waals surface area contributed by atoms with Crippen LogP contribution < -0.4 is 10.5 Å². The lowest BCUT2D eigenvalue weighted by Crippen LogP contribution is -2.04. The number of hydrogen-bond acceptors (Lipinski definition) is 2. The smallest absolute Gasteiger partial charge is 0.167 e. The summed E-state index contributed by atoms with van der Waals surface area (Å²) >= 11 is 0. The van der Waals surface area contributed by atoms with E-state index in [4.69, 9.17) is 10.5 Å². The fourth-order valence-electron chi connectivity index (χ4n) is 1.02. The molecule has 0 saturated carbocycles. The molecule has 1 rings (SSSR count). The molecule has 1 aromatic rings. The van der Waals surface area contributed by atoms with Gasteiger partial charge in [0.05, 0.1) is 6.61 Å². The largest absolute Gasteiger partial charge is 0.491 e. The normalized spacial score (nSPS) is 9.53. The van der Waals surface area contributed by atoms with Crippen LogP contribution in [0, 0.1) is 11.6 Å². The molecule has 0 saturated heterocycles. The summed E-state index contributed by atoms with van der Waals surface area (Å²) in [5, 5.41) is 0. The van der Waals surface area contributed by atoms with Gasteiger partial charge in [-0.2, -0.15) is 0 Å². The van der Waals surface area contributed by atoms with Gasteiger partial charge in [-0.25, -0.2) is 8.78 Å². The SMILES string of the molecule is Cl.NCCCCOc1ccc(F)cc1F. The first-order chi connectivity index (χ1) is 6.74. The van der Waals surface area contributed by atoms with Crippen molar-refractivity contribution < 1.29 is 13.5 Å². The minimum absolute atomic E-state index is 0. The molecule has 0 unspecified atom stereocenters. The van der Waals surface area contributed by atoms with Crippen LogP contribution in [0.3, 0.4) is 0 Å². The fourth-order valence-corrected chi connectivity index (χ4v) is 1.02. The summed E-state index contributed by atoms with van der Waals surface area (Å²) in [7, 11) is 0. The summed E-state index contributed by atoms with van der Waals surface area (Å²) < 4.78 is 30.5. The van der Waals surface area contributed by atoms with Crippen molar-refractivity contribution in [1.29, 1.82) is 0 Å². The summed E-state index contributed by atoms with van der Waals surface area (Å²) in [5.41, 5.74) is 5.28. The minimum atomic E-state index is -0.669.